The maximum atomic E-state index is 14.8. The minimum absolute atomic E-state index is 0.0506. The highest BCUT2D eigenvalue weighted by atomic mass is 32.2. The Labute approximate surface area is 323 Å². The van der Waals surface area contributed by atoms with Crippen LogP contribution in [0.2, 0.25) is 0 Å². The molecule has 0 saturated carbocycles. The number of ether oxygens (including phenoxy) is 1. The summed E-state index contributed by atoms with van der Waals surface area (Å²) in [5.74, 6) is -2.12. The van der Waals surface area contributed by atoms with Gasteiger partial charge < -0.3 is 15.0 Å². The van der Waals surface area contributed by atoms with Crippen LogP contribution in [0.3, 0.4) is 0 Å². The Bertz CT molecular complexity index is 1660. The van der Waals surface area contributed by atoms with Crippen molar-refractivity contribution in [1.82, 2.24) is 19.0 Å². The van der Waals surface area contributed by atoms with Crippen LogP contribution in [0, 0.1) is 6.92 Å². The van der Waals surface area contributed by atoms with Crippen LogP contribution in [0.15, 0.2) is 33.8 Å². The fraction of sp³-hybridized carbons (Fsp3) is 0.675. The van der Waals surface area contributed by atoms with Crippen molar-refractivity contribution in [1.29, 1.82) is 0 Å². The van der Waals surface area contributed by atoms with Gasteiger partial charge in [0.2, 0.25) is 6.23 Å². The Balaban J connectivity index is 2.22. The zero-order valence-corrected chi connectivity index (χ0v) is 34.9. The number of amides is 5. The van der Waals surface area contributed by atoms with Crippen molar-refractivity contribution in [2.75, 3.05) is 33.1 Å². The van der Waals surface area contributed by atoms with Gasteiger partial charge in [0.25, 0.3) is 27.7 Å². The summed E-state index contributed by atoms with van der Waals surface area (Å²) in [6.45, 7) is 11.3. The number of allylic oxidation sites excluding steroid dienone is 2. The Morgan fingerprint density at radius 2 is 1.46 bits per heavy atom. The smallest absolute Gasteiger partial charge is 0.330 e. The number of nitrogens with zero attached hydrogens (tertiary/aromatic N) is 5. The molecule has 1 saturated heterocycles. The summed E-state index contributed by atoms with van der Waals surface area (Å²) < 4.78 is 36.4. The normalized spacial score (nSPS) is 18.3. The molecule has 1 N–H and O–H groups in total. The molecule has 14 heteroatoms. The van der Waals surface area contributed by atoms with Gasteiger partial charge in [0.15, 0.2) is 11.9 Å². The lowest BCUT2D eigenvalue weighted by molar-refractivity contribution is -0.143. The number of hydrogen-bond donors (Lipinski definition) is 1. The standard InChI is InChI=1S/C40H64N6O7S/c1-10-13-16-18-19-21-23-32(22-20-17-14-11-2)46-35(41-29(5)30(6)54(46,51)52)34(45-38(49)39(44(9)40(45)50)53-26-15-12-3)36(47)42-33-27-31(25-24-28(33)4)37(48)43(7)8/h24-25,27,32,34,39H,10-23,26H2,1-9H3,(H,42,47). The number of sulfonamides is 1. The van der Waals surface area contributed by atoms with Gasteiger partial charge >= 0.3 is 6.03 Å². The zero-order chi connectivity index (χ0) is 40.2. The van der Waals surface area contributed by atoms with E-state index >= 15 is 0 Å². The fourth-order valence-electron chi connectivity index (χ4n) is 6.78. The molecule has 1 fully saturated rings. The third-order valence-electron chi connectivity index (χ3n) is 10.3. The molecule has 1 aromatic rings. The van der Waals surface area contributed by atoms with Gasteiger partial charge in [0.1, 0.15) is 0 Å². The number of likely N-dealkylation sites (N-methyl/N-ethyl adjacent to an activating group) is 1. The maximum absolute atomic E-state index is 14.8. The third-order valence-corrected chi connectivity index (χ3v) is 12.3. The van der Waals surface area contributed by atoms with Crippen LogP contribution in [0.5, 0.6) is 0 Å². The van der Waals surface area contributed by atoms with Gasteiger partial charge in [-0.3, -0.25) is 19.3 Å². The Hall–Kier alpha value is -3.78. The fourth-order valence-corrected chi connectivity index (χ4v) is 8.48. The van der Waals surface area contributed by atoms with Gasteiger partial charge in [-0.1, -0.05) is 97.5 Å². The first kappa shape index (κ1) is 44.6. The number of amidine groups is 1. The molecule has 3 rings (SSSR count). The third kappa shape index (κ3) is 10.7. The Kier molecular flexibility index (Phi) is 17.2. The average Bonchev–Trinajstić information content (AvgIpc) is 3.33. The van der Waals surface area contributed by atoms with E-state index in [0.717, 1.165) is 80.4 Å². The van der Waals surface area contributed by atoms with Gasteiger partial charge in [-0.25, -0.2) is 27.4 Å². The topological polar surface area (TPSA) is 149 Å². The lowest BCUT2D eigenvalue weighted by atomic mass is 9.99. The molecule has 3 unspecified atom stereocenters. The highest BCUT2D eigenvalue weighted by molar-refractivity contribution is 7.93. The van der Waals surface area contributed by atoms with Crippen molar-refractivity contribution in [2.24, 2.45) is 4.99 Å². The minimum atomic E-state index is -4.23. The molecule has 1 aromatic carbocycles. The predicted octanol–water partition coefficient (Wildman–Crippen LogP) is 7.43. The number of unbranched alkanes of at least 4 members (excludes halogenated alkanes) is 9. The van der Waals surface area contributed by atoms with Gasteiger partial charge in [0, 0.05) is 45.0 Å². The Morgan fingerprint density at radius 3 is 2.06 bits per heavy atom. The number of imide groups is 1. The van der Waals surface area contributed by atoms with E-state index in [1.165, 1.54) is 29.2 Å². The first-order valence-corrected chi connectivity index (χ1v) is 21.2. The second-order valence-electron chi connectivity index (χ2n) is 14.8. The quantitative estimate of drug-likeness (QED) is 0.0952. The summed E-state index contributed by atoms with van der Waals surface area (Å²) >= 11 is 0. The van der Waals surface area contributed by atoms with Crippen LogP contribution in [-0.2, 0) is 24.3 Å². The predicted molar refractivity (Wildman–Crippen MR) is 213 cm³/mol. The average molecular weight is 773 g/mol. The lowest BCUT2D eigenvalue weighted by Crippen LogP contribution is -2.61. The number of benzene rings is 1. The van der Waals surface area contributed by atoms with Crippen LogP contribution in [0.4, 0.5) is 10.5 Å². The van der Waals surface area contributed by atoms with Crippen molar-refractivity contribution in [3.63, 3.8) is 0 Å². The number of aryl methyl sites for hydroxylation is 1. The van der Waals surface area contributed by atoms with Gasteiger partial charge in [-0.05, 0) is 57.7 Å². The van der Waals surface area contributed by atoms with E-state index in [4.69, 9.17) is 9.73 Å². The number of aliphatic imine (C=N–C) groups is 1. The number of rotatable bonds is 22. The summed E-state index contributed by atoms with van der Waals surface area (Å²) in [5, 5.41) is 2.85. The number of anilines is 1. The molecule has 54 heavy (non-hydrogen) atoms. The van der Waals surface area contributed by atoms with E-state index in [2.05, 4.69) is 19.2 Å². The second kappa shape index (κ2) is 20.8. The minimum Gasteiger partial charge on any atom is -0.349 e. The van der Waals surface area contributed by atoms with E-state index in [-0.39, 0.29) is 34.6 Å². The molecule has 0 bridgehead atoms. The van der Waals surface area contributed by atoms with E-state index in [9.17, 15) is 27.6 Å². The number of nitrogens with one attached hydrogen (secondary N) is 1. The number of urea groups is 1. The molecule has 0 aromatic heterocycles. The van der Waals surface area contributed by atoms with Gasteiger partial charge in [0.05, 0.1) is 10.6 Å². The molecular formula is C40H64N6O7S. The number of hydrogen-bond acceptors (Lipinski definition) is 8. The molecular weight excluding hydrogens is 709 g/mol. The van der Waals surface area contributed by atoms with E-state index in [1.54, 1.807) is 40.1 Å². The molecule has 3 atom stereocenters. The molecule has 2 heterocycles. The summed E-state index contributed by atoms with van der Waals surface area (Å²) in [4.78, 5) is 64.2. The summed E-state index contributed by atoms with van der Waals surface area (Å²) in [7, 11) is 0.431. The zero-order valence-electron chi connectivity index (χ0n) is 34.1. The molecule has 302 valence electrons. The highest BCUT2D eigenvalue weighted by Crippen LogP contribution is 2.34. The molecule has 2 aliphatic heterocycles. The molecule has 0 aliphatic carbocycles. The molecule has 0 radical (unpaired) electrons. The van der Waals surface area contributed by atoms with Crippen LogP contribution in [-0.4, -0.2) is 103 Å². The first-order valence-electron chi connectivity index (χ1n) is 19.8. The van der Waals surface area contributed by atoms with Gasteiger partial charge in [-0.2, -0.15) is 0 Å². The van der Waals surface area contributed by atoms with Crippen LogP contribution in [0.25, 0.3) is 0 Å². The van der Waals surface area contributed by atoms with E-state index in [1.807, 2.05) is 6.92 Å². The van der Waals surface area contributed by atoms with Crippen molar-refractivity contribution in [3.05, 3.63) is 39.9 Å². The van der Waals surface area contributed by atoms with E-state index in [0.29, 0.717) is 30.4 Å². The second-order valence-corrected chi connectivity index (χ2v) is 16.7. The van der Waals surface area contributed by atoms with Crippen molar-refractivity contribution < 1.29 is 32.3 Å². The molecule has 2 aliphatic rings. The monoisotopic (exact) mass is 772 g/mol. The highest BCUT2D eigenvalue weighted by Gasteiger charge is 2.54. The Morgan fingerprint density at radius 1 is 0.889 bits per heavy atom. The number of carbonyl (C=O) groups excluding carboxylic acids is 4. The lowest BCUT2D eigenvalue weighted by Gasteiger charge is -2.40. The number of carbonyl (C=O) groups is 4. The van der Waals surface area contributed by atoms with Crippen molar-refractivity contribution >= 4 is 45.3 Å². The van der Waals surface area contributed by atoms with E-state index < -0.39 is 46.2 Å². The first-order chi connectivity index (χ1) is 25.6. The summed E-state index contributed by atoms with van der Waals surface area (Å²) in [6.07, 6.45) is 10.9. The molecule has 0 spiro atoms. The van der Waals surface area contributed by atoms with Crippen LogP contribution >= 0.6 is 0 Å². The maximum Gasteiger partial charge on any atom is 0.330 e. The van der Waals surface area contributed by atoms with Crippen LogP contribution < -0.4 is 5.32 Å². The van der Waals surface area contributed by atoms with Crippen molar-refractivity contribution in [2.45, 2.75) is 150 Å². The summed E-state index contributed by atoms with van der Waals surface area (Å²) in [5.41, 5.74) is 1.38. The summed E-state index contributed by atoms with van der Waals surface area (Å²) in [6, 6.07) is 1.71. The van der Waals surface area contributed by atoms with Crippen molar-refractivity contribution in [3.8, 4) is 0 Å². The molecule has 13 nitrogen and oxygen atoms in total. The van der Waals surface area contributed by atoms with Gasteiger partial charge in [-0.15, -0.1) is 0 Å². The SMILES string of the molecule is CCCCCCCCC(CCCCCC)N1C(C(C(=O)Nc2cc(C(=O)N(C)C)ccc2C)N2C(=O)C(OCCCC)N(C)C2=O)=NC(C)=C(C)S1(=O)=O. The van der Waals surface area contributed by atoms with Crippen LogP contribution in [0.1, 0.15) is 140 Å². The largest absolute Gasteiger partial charge is 0.349 e. The molecule has 5 amide bonds.